The maximum Gasteiger partial charge on any atom is 0.335 e. The molecule has 2 aromatic carbocycles. The number of aromatic carboxylic acids is 1. The van der Waals surface area contributed by atoms with Crippen LogP contribution in [0, 0.1) is 0 Å². The molecule has 0 spiro atoms. The standard InChI is InChI=1S/C17H11N3O3/c21-15(10-4-2-1-3-5-10)12-9-18-20-14-8-11(17(22)23)6-7-13(14)19-16(12)20/h1-9,18H,(H,22,23). The van der Waals surface area contributed by atoms with Crippen molar-refractivity contribution in [1.29, 1.82) is 0 Å². The monoisotopic (exact) mass is 305 g/mol. The molecule has 0 radical (unpaired) electrons. The number of carboxylic acids is 1. The van der Waals surface area contributed by atoms with Crippen molar-refractivity contribution >= 4 is 28.4 Å². The van der Waals surface area contributed by atoms with Gasteiger partial charge in [0.2, 0.25) is 0 Å². The first-order valence-electron chi connectivity index (χ1n) is 6.98. The number of carbonyl (C=O) groups excluding carboxylic acids is 1. The van der Waals surface area contributed by atoms with Gasteiger partial charge < -0.3 is 5.11 Å². The van der Waals surface area contributed by atoms with E-state index >= 15 is 0 Å². The van der Waals surface area contributed by atoms with Crippen LogP contribution in [0.3, 0.4) is 0 Å². The first kappa shape index (κ1) is 13.3. The number of aromatic amines is 1. The second-order valence-corrected chi connectivity index (χ2v) is 5.16. The van der Waals surface area contributed by atoms with E-state index in [1.165, 1.54) is 12.1 Å². The zero-order valence-corrected chi connectivity index (χ0v) is 11.9. The molecule has 2 N–H and O–H groups in total. The topological polar surface area (TPSA) is 87.5 Å². The second kappa shape index (κ2) is 4.81. The lowest BCUT2D eigenvalue weighted by atomic mass is 10.1. The van der Waals surface area contributed by atoms with Gasteiger partial charge in [-0.1, -0.05) is 30.3 Å². The van der Waals surface area contributed by atoms with E-state index in [1.807, 2.05) is 6.07 Å². The molecule has 0 atom stereocenters. The van der Waals surface area contributed by atoms with E-state index in [1.54, 1.807) is 41.0 Å². The summed E-state index contributed by atoms with van der Waals surface area (Å²) in [7, 11) is 0. The molecule has 6 nitrogen and oxygen atoms in total. The maximum absolute atomic E-state index is 12.6. The molecule has 0 bridgehead atoms. The van der Waals surface area contributed by atoms with Crippen LogP contribution in [-0.2, 0) is 0 Å². The van der Waals surface area contributed by atoms with Crippen LogP contribution in [0.1, 0.15) is 26.3 Å². The minimum absolute atomic E-state index is 0.134. The average molecular weight is 305 g/mol. The summed E-state index contributed by atoms with van der Waals surface area (Å²) in [6.45, 7) is 0. The molecule has 4 rings (SSSR count). The Morgan fingerprint density at radius 1 is 1.04 bits per heavy atom. The van der Waals surface area contributed by atoms with E-state index in [4.69, 9.17) is 5.11 Å². The summed E-state index contributed by atoms with van der Waals surface area (Å²) in [5.74, 6) is -1.14. The Morgan fingerprint density at radius 3 is 2.57 bits per heavy atom. The number of carbonyl (C=O) groups is 2. The van der Waals surface area contributed by atoms with Gasteiger partial charge in [0.25, 0.3) is 0 Å². The van der Waals surface area contributed by atoms with Crippen molar-refractivity contribution in [3.63, 3.8) is 0 Å². The molecule has 2 heterocycles. The Hall–Kier alpha value is -3.41. The number of ketones is 1. The van der Waals surface area contributed by atoms with Crippen molar-refractivity contribution in [2.75, 3.05) is 0 Å². The minimum atomic E-state index is -1.01. The highest BCUT2D eigenvalue weighted by Gasteiger charge is 2.18. The summed E-state index contributed by atoms with van der Waals surface area (Å²) in [5.41, 5.74) is 2.92. The molecule has 6 heteroatoms. The number of rotatable bonds is 3. The van der Waals surface area contributed by atoms with Crippen LogP contribution in [0.4, 0.5) is 0 Å². The molecular formula is C17H11N3O3. The fraction of sp³-hybridized carbons (Fsp3) is 0. The highest BCUT2D eigenvalue weighted by molar-refractivity contribution is 6.13. The maximum atomic E-state index is 12.6. The lowest BCUT2D eigenvalue weighted by molar-refractivity contribution is 0.0697. The Balaban J connectivity index is 1.91. The van der Waals surface area contributed by atoms with Crippen molar-refractivity contribution < 1.29 is 14.7 Å². The summed E-state index contributed by atoms with van der Waals surface area (Å²) >= 11 is 0. The van der Waals surface area contributed by atoms with Crippen molar-refractivity contribution in [3.8, 4) is 0 Å². The normalized spacial score (nSPS) is 11.1. The third-order valence-corrected chi connectivity index (χ3v) is 3.76. The lowest BCUT2D eigenvalue weighted by Gasteiger charge is -1.96. The van der Waals surface area contributed by atoms with E-state index in [2.05, 4.69) is 10.1 Å². The zero-order chi connectivity index (χ0) is 16.0. The molecule has 0 amide bonds. The van der Waals surface area contributed by atoms with E-state index in [-0.39, 0.29) is 11.3 Å². The molecule has 23 heavy (non-hydrogen) atoms. The smallest absolute Gasteiger partial charge is 0.335 e. The van der Waals surface area contributed by atoms with Crippen LogP contribution in [0.15, 0.2) is 54.7 Å². The predicted octanol–water partition coefficient (Wildman–Crippen LogP) is 2.74. The lowest BCUT2D eigenvalue weighted by Crippen LogP contribution is -2.00. The molecule has 0 saturated heterocycles. The number of hydrogen-bond acceptors (Lipinski definition) is 3. The van der Waals surface area contributed by atoms with Crippen LogP contribution < -0.4 is 0 Å². The zero-order valence-electron chi connectivity index (χ0n) is 11.9. The molecule has 0 unspecified atom stereocenters. The molecule has 0 aliphatic heterocycles. The van der Waals surface area contributed by atoms with E-state index in [9.17, 15) is 9.59 Å². The molecule has 0 fully saturated rings. The van der Waals surface area contributed by atoms with Gasteiger partial charge >= 0.3 is 5.97 Å². The number of benzene rings is 2. The van der Waals surface area contributed by atoms with Gasteiger partial charge in [0, 0.05) is 11.8 Å². The number of fused-ring (bicyclic) bond motifs is 3. The SMILES string of the molecule is O=C(O)c1ccc2nc3c(C(=O)c4ccccc4)c[nH]n3c2c1. The Labute approximate surface area is 130 Å². The van der Waals surface area contributed by atoms with Crippen LogP contribution in [-0.4, -0.2) is 31.5 Å². The number of hydrogen-bond donors (Lipinski definition) is 2. The minimum Gasteiger partial charge on any atom is -0.478 e. The highest BCUT2D eigenvalue weighted by atomic mass is 16.4. The number of aromatic nitrogens is 3. The summed E-state index contributed by atoms with van der Waals surface area (Å²) in [6.07, 6.45) is 1.59. The fourth-order valence-corrected chi connectivity index (χ4v) is 2.63. The van der Waals surface area contributed by atoms with Gasteiger partial charge in [-0.05, 0) is 18.2 Å². The summed E-state index contributed by atoms with van der Waals surface area (Å²) in [5, 5.41) is 12.1. The highest BCUT2D eigenvalue weighted by Crippen LogP contribution is 2.22. The number of imidazole rings is 1. The Kier molecular flexibility index (Phi) is 2.77. The quantitative estimate of drug-likeness (QED) is 0.570. The third kappa shape index (κ3) is 2.00. The van der Waals surface area contributed by atoms with Crippen LogP contribution in [0.25, 0.3) is 16.7 Å². The van der Waals surface area contributed by atoms with Gasteiger partial charge in [-0.25, -0.2) is 14.3 Å². The average Bonchev–Trinajstić information content (AvgIpc) is 3.13. The number of nitrogens with zero attached hydrogens (tertiary/aromatic N) is 2. The van der Waals surface area contributed by atoms with Crippen molar-refractivity contribution in [3.05, 3.63) is 71.4 Å². The van der Waals surface area contributed by atoms with Crippen LogP contribution >= 0.6 is 0 Å². The van der Waals surface area contributed by atoms with E-state index < -0.39 is 5.97 Å². The van der Waals surface area contributed by atoms with Crippen LogP contribution in [0.5, 0.6) is 0 Å². The van der Waals surface area contributed by atoms with Gasteiger partial charge in [0.15, 0.2) is 11.4 Å². The van der Waals surface area contributed by atoms with Gasteiger partial charge in [-0.15, -0.1) is 0 Å². The largest absolute Gasteiger partial charge is 0.478 e. The molecule has 0 aliphatic carbocycles. The summed E-state index contributed by atoms with van der Waals surface area (Å²) in [6, 6.07) is 13.6. The first-order chi connectivity index (χ1) is 11.1. The van der Waals surface area contributed by atoms with E-state index in [0.717, 1.165) is 0 Å². The van der Waals surface area contributed by atoms with Gasteiger partial charge in [0.05, 0.1) is 22.2 Å². The number of H-pyrrole nitrogens is 1. The van der Waals surface area contributed by atoms with Crippen molar-refractivity contribution in [2.24, 2.45) is 0 Å². The fourth-order valence-electron chi connectivity index (χ4n) is 2.63. The molecule has 0 saturated carbocycles. The third-order valence-electron chi connectivity index (χ3n) is 3.76. The summed E-state index contributed by atoms with van der Waals surface area (Å²) in [4.78, 5) is 28.2. The number of carboxylic acid groups (broad SMARTS) is 1. The second-order valence-electron chi connectivity index (χ2n) is 5.16. The first-order valence-corrected chi connectivity index (χ1v) is 6.98. The Morgan fingerprint density at radius 2 is 1.83 bits per heavy atom. The van der Waals surface area contributed by atoms with Crippen LogP contribution in [0.2, 0.25) is 0 Å². The van der Waals surface area contributed by atoms with E-state index in [0.29, 0.717) is 27.8 Å². The predicted molar refractivity (Wildman–Crippen MR) is 83.9 cm³/mol. The number of nitrogens with one attached hydrogen (secondary N) is 1. The van der Waals surface area contributed by atoms with Gasteiger partial charge in [-0.3, -0.25) is 9.89 Å². The molecule has 2 aromatic heterocycles. The van der Waals surface area contributed by atoms with Gasteiger partial charge in [-0.2, -0.15) is 0 Å². The van der Waals surface area contributed by atoms with Crippen molar-refractivity contribution in [1.82, 2.24) is 14.6 Å². The van der Waals surface area contributed by atoms with Crippen molar-refractivity contribution in [2.45, 2.75) is 0 Å². The summed E-state index contributed by atoms with van der Waals surface area (Å²) < 4.78 is 1.62. The molecule has 4 aromatic rings. The molecular weight excluding hydrogens is 294 g/mol. The Bertz CT molecular complexity index is 1060. The molecule has 112 valence electrons. The van der Waals surface area contributed by atoms with Gasteiger partial charge in [0.1, 0.15) is 0 Å². The molecule has 0 aliphatic rings.